The molecule has 0 bridgehead atoms. The number of carbonyl (C=O) groups excluding carboxylic acids is 1. The van der Waals surface area contributed by atoms with Gasteiger partial charge in [0.1, 0.15) is 0 Å². The van der Waals surface area contributed by atoms with Crippen molar-refractivity contribution in [2.75, 3.05) is 11.1 Å². The lowest BCUT2D eigenvalue weighted by molar-refractivity contribution is -0.113. The van der Waals surface area contributed by atoms with Crippen molar-refractivity contribution >= 4 is 23.4 Å². The van der Waals surface area contributed by atoms with E-state index in [4.69, 9.17) is 0 Å². The molecule has 0 aliphatic heterocycles. The molecule has 1 aromatic heterocycles. The Bertz CT molecular complexity index is 647. The highest BCUT2D eigenvalue weighted by Crippen LogP contribution is 2.17. The van der Waals surface area contributed by atoms with Crippen LogP contribution in [0.3, 0.4) is 0 Å². The third-order valence-electron chi connectivity index (χ3n) is 3.25. The molecule has 0 saturated heterocycles. The van der Waals surface area contributed by atoms with Crippen LogP contribution in [0, 0.1) is 27.7 Å². The Morgan fingerprint density at radius 2 is 1.81 bits per heavy atom. The molecule has 110 valence electrons. The van der Waals surface area contributed by atoms with E-state index >= 15 is 0 Å². The van der Waals surface area contributed by atoms with Gasteiger partial charge in [-0.15, -0.1) is 0 Å². The van der Waals surface area contributed by atoms with Crippen molar-refractivity contribution in [3.05, 3.63) is 46.8 Å². The molecule has 4 nitrogen and oxygen atoms in total. The van der Waals surface area contributed by atoms with E-state index in [2.05, 4.69) is 15.3 Å². The molecule has 2 rings (SSSR count). The van der Waals surface area contributed by atoms with Crippen LogP contribution in [-0.2, 0) is 4.79 Å². The van der Waals surface area contributed by atoms with Gasteiger partial charge in [0.25, 0.3) is 0 Å². The summed E-state index contributed by atoms with van der Waals surface area (Å²) in [6.07, 6.45) is 0. The van der Waals surface area contributed by atoms with E-state index in [0.717, 1.165) is 28.2 Å². The average Bonchev–Trinajstić information content (AvgIpc) is 2.42. The van der Waals surface area contributed by atoms with Crippen LogP contribution in [0.5, 0.6) is 0 Å². The van der Waals surface area contributed by atoms with Crippen molar-refractivity contribution in [1.82, 2.24) is 9.97 Å². The average molecular weight is 301 g/mol. The molecule has 0 radical (unpaired) electrons. The fourth-order valence-electron chi connectivity index (χ4n) is 1.86. The number of aryl methyl sites for hydroxylation is 3. The standard InChI is InChI=1S/C16H19N3OS/c1-10-6-5-7-14(8-10)19-15(20)9-21-16-17-12(3)11(2)13(4)18-16/h5-8H,9H2,1-4H3,(H,19,20). The van der Waals surface area contributed by atoms with Crippen LogP contribution in [0.15, 0.2) is 29.4 Å². The van der Waals surface area contributed by atoms with Gasteiger partial charge in [-0.3, -0.25) is 4.79 Å². The first-order valence-corrected chi connectivity index (χ1v) is 7.75. The summed E-state index contributed by atoms with van der Waals surface area (Å²) in [4.78, 5) is 20.7. The van der Waals surface area contributed by atoms with E-state index in [9.17, 15) is 4.79 Å². The zero-order valence-electron chi connectivity index (χ0n) is 12.7. The minimum atomic E-state index is -0.0509. The number of nitrogens with zero attached hydrogens (tertiary/aromatic N) is 2. The first kappa shape index (κ1) is 15.5. The van der Waals surface area contributed by atoms with Gasteiger partial charge in [-0.25, -0.2) is 9.97 Å². The predicted octanol–water partition coefficient (Wildman–Crippen LogP) is 3.44. The van der Waals surface area contributed by atoms with Crippen LogP contribution >= 0.6 is 11.8 Å². The Morgan fingerprint density at radius 1 is 1.14 bits per heavy atom. The molecular formula is C16H19N3OS. The smallest absolute Gasteiger partial charge is 0.234 e. The fourth-order valence-corrected chi connectivity index (χ4v) is 2.59. The minimum absolute atomic E-state index is 0.0509. The molecule has 0 atom stereocenters. The maximum Gasteiger partial charge on any atom is 0.234 e. The first-order valence-electron chi connectivity index (χ1n) is 6.77. The van der Waals surface area contributed by atoms with Crippen LogP contribution in [0.4, 0.5) is 5.69 Å². The molecule has 5 heteroatoms. The lowest BCUT2D eigenvalue weighted by Crippen LogP contribution is -2.14. The molecule has 1 N–H and O–H groups in total. The molecule has 0 aliphatic carbocycles. The highest BCUT2D eigenvalue weighted by atomic mass is 32.2. The second kappa shape index (κ2) is 6.72. The van der Waals surface area contributed by atoms with Crippen molar-refractivity contribution in [2.24, 2.45) is 0 Å². The largest absolute Gasteiger partial charge is 0.325 e. The van der Waals surface area contributed by atoms with E-state index in [1.165, 1.54) is 11.8 Å². The number of rotatable bonds is 4. The Balaban J connectivity index is 1.95. The van der Waals surface area contributed by atoms with Gasteiger partial charge < -0.3 is 5.32 Å². The minimum Gasteiger partial charge on any atom is -0.325 e. The molecule has 0 saturated carbocycles. The summed E-state index contributed by atoms with van der Waals surface area (Å²) in [5, 5.41) is 3.53. The molecule has 2 aromatic rings. The Labute approximate surface area is 129 Å². The van der Waals surface area contributed by atoms with Gasteiger partial charge >= 0.3 is 0 Å². The maximum atomic E-state index is 11.9. The molecule has 0 unspecified atom stereocenters. The summed E-state index contributed by atoms with van der Waals surface area (Å²) in [6.45, 7) is 7.92. The van der Waals surface area contributed by atoms with Crippen molar-refractivity contribution < 1.29 is 4.79 Å². The van der Waals surface area contributed by atoms with Gasteiger partial charge in [-0.1, -0.05) is 23.9 Å². The number of thioether (sulfide) groups is 1. The quantitative estimate of drug-likeness (QED) is 0.694. The number of aromatic nitrogens is 2. The van der Waals surface area contributed by atoms with Crippen molar-refractivity contribution in [1.29, 1.82) is 0 Å². The van der Waals surface area contributed by atoms with Crippen molar-refractivity contribution in [2.45, 2.75) is 32.9 Å². The second-order valence-corrected chi connectivity index (χ2v) is 5.95. The summed E-state index contributed by atoms with van der Waals surface area (Å²) in [7, 11) is 0. The molecule has 1 aromatic carbocycles. The van der Waals surface area contributed by atoms with Crippen LogP contribution in [-0.4, -0.2) is 21.6 Å². The SMILES string of the molecule is Cc1cccc(NC(=O)CSc2nc(C)c(C)c(C)n2)c1. The van der Waals surface area contributed by atoms with Gasteiger partial charge in [-0.2, -0.15) is 0 Å². The lowest BCUT2D eigenvalue weighted by Gasteiger charge is -2.07. The van der Waals surface area contributed by atoms with E-state index < -0.39 is 0 Å². The van der Waals surface area contributed by atoms with Crippen LogP contribution in [0.2, 0.25) is 0 Å². The van der Waals surface area contributed by atoms with E-state index in [1.807, 2.05) is 52.0 Å². The summed E-state index contributed by atoms with van der Waals surface area (Å²) in [5.74, 6) is 0.251. The zero-order valence-corrected chi connectivity index (χ0v) is 13.5. The van der Waals surface area contributed by atoms with Crippen LogP contribution < -0.4 is 5.32 Å². The summed E-state index contributed by atoms with van der Waals surface area (Å²) in [6, 6.07) is 7.75. The maximum absolute atomic E-state index is 11.9. The number of amides is 1. The molecule has 1 amide bonds. The first-order chi connectivity index (χ1) is 9.95. The number of anilines is 1. The molecule has 0 fully saturated rings. The number of hydrogen-bond donors (Lipinski definition) is 1. The van der Waals surface area contributed by atoms with Crippen LogP contribution in [0.1, 0.15) is 22.5 Å². The summed E-state index contributed by atoms with van der Waals surface area (Å²) >= 11 is 1.35. The van der Waals surface area contributed by atoms with E-state index in [0.29, 0.717) is 10.9 Å². The highest BCUT2D eigenvalue weighted by Gasteiger charge is 2.08. The van der Waals surface area contributed by atoms with Gasteiger partial charge in [-0.05, 0) is 51.0 Å². The third-order valence-corrected chi connectivity index (χ3v) is 4.09. The van der Waals surface area contributed by atoms with Gasteiger partial charge in [0, 0.05) is 17.1 Å². The number of nitrogens with one attached hydrogen (secondary N) is 1. The van der Waals surface area contributed by atoms with Gasteiger partial charge in [0.15, 0.2) is 5.16 Å². The topological polar surface area (TPSA) is 54.9 Å². The molecule has 21 heavy (non-hydrogen) atoms. The normalized spacial score (nSPS) is 10.5. The number of hydrogen-bond acceptors (Lipinski definition) is 4. The monoisotopic (exact) mass is 301 g/mol. The molecule has 0 aliphatic rings. The molecule has 1 heterocycles. The number of carbonyl (C=O) groups is 1. The second-order valence-electron chi connectivity index (χ2n) is 5.01. The van der Waals surface area contributed by atoms with Crippen LogP contribution in [0.25, 0.3) is 0 Å². The third kappa shape index (κ3) is 4.29. The Hall–Kier alpha value is -1.88. The zero-order chi connectivity index (χ0) is 15.4. The van der Waals surface area contributed by atoms with Crippen molar-refractivity contribution in [3.8, 4) is 0 Å². The Morgan fingerprint density at radius 3 is 2.43 bits per heavy atom. The summed E-state index contributed by atoms with van der Waals surface area (Å²) < 4.78 is 0. The van der Waals surface area contributed by atoms with E-state index in [1.54, 1.807) is 0 Å². The summed E-state index contributed by atoms with van der Waals surface area (Å²) in [5.41, 5.74) is 4.96. The van der Waals surface area contributed by atoms with E-state index in [-0.39, 0.29) is 5.91 Å². The van der Waals surface area contributed by atoms with Crippen molar-refractivity contribution in [3.63, 3.8) is 0 Å². The Kier molecular flexibility index (Phi) is 4.96. The fraction of sp³-hybridized carbons (Fsp3) is 0.312. The lowest BCUT2D eigenvalue weighted by atomic mass is 10.2. The predicted molar refractivity (Wildman–Crippen MR) is 86.8 cm³/mol. The molecular weight excluding hydrogens is 282 g/mol. The van der Waals surface area contributed by atoms with Gasteiger partial charge in [0.05, 0.1) is 5.75 Å². The highest BCUT2D eigenvalue weighted by molar-refractivity contribution is 7.99. The number of benzene rings is 1. The molecule has 0 spiro atoms. The van der Waals surface area contributed by atoms with Gasteiger partial charge in [0.2, 0.25) is 5.91 Å².